The minimum absolute atomic E-state index is 0.913. The minimum atomic E-state index is 0.913. The summed E-state index contributed by atoms with van der Waals surface area (Å²) in [5, 5.41) is 0. The molecule has 2 aromatic rings. The first-order valence-electron chi connectivity index (χ1n) is 5.89. The lowest BCUT2D eigenvalue weighted by molar-refractivity contribution is 0.504. The summed E-state index contributed by atoms with van der Waals surface area (Å²) >= 11 is 0. The van der Waals surface area contributed by atoms with Gasteiger partial charge in [-0.3, -0.25) is 4.99 Å². The molecule has 17 heavy (non-hydrogen) atoms. The van der Waals surface area contributed by atoms with Gasteiger partial charge in [-0.1, -0.05) is 19.1 Å². The fourth-order valence-corrected chi connectivity index (χ4v) is 1.74. The zero-order valence-corrected chi connectivity index (χ0v) is 10.5. The third kappa shape index (κ3) is 2.84. The van der Waals surface area contributed by atoms with Crippen molar-refractivity contribution in [1.29, 1.82) is 0 Å². The molecular formula is C15H17NO. The van der Waals surface area contributed by atoms with Crippen LogP contribution >= 0.6 is 0 Å². The molecule has 0 fully saturated rings. The van der Waals surface area contributed by atoms with Crippen LogP contribution in [0.4, 0.5) is 5.69 Å². The number of hydrogen-bond acceptors (Lipinski definition) is 2. The van der Waals surface area contributed by atoms with Gasteiger partial charge in [-0.25, -0.2) is 0 Å². The summed E-state index contributed by atoms with van der Waals surface area (Å²) in [5.74, 6) is 1.83. The highest BCUT2D eigenvalue weighted by molar-refractivity contribution is 5.83. The molecule has 0 saturated carbocycles. The summed E-state index contributed by atoms with van der Waals surface area (Å²) < 4.78 is 5.45. The van der Waals surface area contributed by atoms with Crippen LogP contribution in [0.1, 0.15) is 29.6 Å². The Kier molecular flexibility index (Phi) is 3.43. The smallest absolute Gasteiger partial charge is 0.109 e. The van der Waals surface area contributed by atoms with Crippen LogP contribution in [-0.2, 0) is 6.42 Å². The van der Waals surface area contributed by atoms with Gasteiger partial charge in [-0.15, -0.1) is 0 Å². The monoisotopic (exact) mass is 227 g/mol. The standard InChI is InChI=1S/C15H17NO/c1-4-13-5-7-15(8-6-13)16-10-14-9-11(2)17-12(14)3/h5-10H,4H2,1-3H3. The summed E-state index contributed by atoms with van der Waals surface area (Å²) in [4.78, 5) is 4.44. The number of aliphatic imine (C=N–C) groups is 1. The van der Waals surface area contributed by atoms with E-state index in [1.807, 2.05) is 38.3 Å². The van der Waals surface area contributed by atoms with Crippen molar-refractivity contribution in [2.45, 2.75) is 27.2 Å². The first-order chi connectivity index (χ1) is 8.19. The Labute approximate surface area is 102 Å². The van der Waals surface area contributed by atoms with Gasteiger partial charge in [0.1, 0.15) is 11.5 Å². The number of furan rings is 1. The summed E-state index contributed by atoms with van der Waals surface area (Å²) in [5.41, 5.74) is 3.35. The first kappa shape index (κ1) is 11.6. The Morgan fingerprint density at radius 3 is 2.41 bits per heavy atom. The van der Waals surface area contributed by atoms with Gasteiger partial charge >= 0.3 is 0 Å². The van der Waals surface area contributed by atoms with Crippen LogP contribution < -0.4 is 0 Å². The van der Waals surface area contributed by atoms with Crippen molar-refractivity contribution in [3.05, 3.63) is 53.0 Å². The lowest BCUT2D eigenvalue weighted by atomic mass is 10.1. The Balaban J connectivity index is 2.17. The second kappa shape index (κ2) is 5.00. The van der Waals surface area contributed by atoms with Crippen molar-refractivity contribution in [1.82, 2.24) is 0 Å². The SMILES string of the molecule is CCc1ccc(N=Cc2cc(C)oc2C)cc1. The lowest BCUT2D eigenvalue weighted by Gasteiger charge is -1.96. The van der Waals surface area contributed by atoms with Crippen molar-refractivity contribution in [3.63, 3.8) is 0 Å². The van der Waals surface area contributed by atoms with Gasteiger partial charge in [0.05, 0.1) is 5.69 Å². The van der Waals surface area contributed by atoms with Crippen molar-refractivity contribution in [2.24, 2.45) is 4.99 Å². The maximum atomic E-state index is 5.45. The molecule has 2 rings (SSSR count). The predicted octanol–water partition coefficient (Wildman–Crippen LogP) is 4.21. The maximum absolute atomic E-state index is 5.45. The highest BCUT2D eigenvalue weighted by Crippen LogP contribution is 2.16. The van der Waals surface area contributed by atoms with E-state index in [0.29, 0.717) is 0 Å². The van der Waals surface area contributed by atoms with Crippen molar-refractivity contribution < 1.29 is 4.42 Å². The van der Waals surface area contributed by atoms with Gasteiger partial charge in [0.2, 0.25) is 0 Å². The molecule has 0 atom stereocenters. The fourth-order valence-electron chi connectivity index (χ4n) is 1.74. The molecule has 0 radical (unpaired) electrons. The van der Waals surface area contributed by atoms with Gasteiger partial charge in [-0.2, -0.15) is 0 Å². The lowest BCUT2D eigenvalue weighted by Crippen LogP contribution is -1.80. The van der Waals surface area contributed by atoms with E-state index in [1.54, 1.807) is 0 Å². The third-order valence-corrected chi connectivity index (χ3v) is 2.78. The molecule has 88 valence electrons. The molecule has 2 nitrogen and oxygen atoms in total. The molecule has 0 amide bonds. The van der Waals surface area contributed by atoms with E-state index >= 15 is 0 Å². The average Bonchev–Trinajstić information content (AvgIpc) is 2.66. The molecule has 0 saturated heterocycles. The van der Waals surface area contributed by atoms with Gasteiger partial charge in [0.25, 0.3) is 0 Å². The summed E-state index contributed by atoms with van der Waals surface area (Å²) in [6.45, 7) is 6.05. The highest BCUT2D eigenvalue weighted by atomic mass is 16.3. The van der Waals surface area contributed by atoms with E-state index in [1.165, 1.54) is 5.56 Å². The molecule has 2 heteroatoms. The summed E-state index contributed by atoms with van der Waals surface area (Å²) in [6, 6.07) is 10.3. The predicted molar refractivity (Wildman–Crippen MR) is 71.3 cm³/mol. The number of nitrogens with zero attached hydrogens (tertiary/aromatic N) is 1. The Morgan fingerprint density at radius 2 is 1.88 bits per heavy atom. The maximum Gasteiger partial charge on any atom is 0.109 e. The van der Waals surface area contributed by atoms with Gasteiger partial charge < -0.3 is 4.42 Å². The van der Waals surface area contributed by atoms with Gasteiger partial charge in [0.15, 0.2) is 0 Å². The summed E-state index contributed by atoms with van der Waals surface area (Å²) in [7, 11) is 0. The summed E-state index contributed by atoms with van der Waals surface area (Å²) in [6.07, 6.45) is 2.91. The molecule has 0 unspecified atom stereocenters. The van der Waals surface area contributed by atoms with Crippen LogP contribution in [0, 0.1) is 13.8 Å². The molecule has 1 aromatic heterocycles. The van der Waals surface area contributed by atoms with Crippen LogP contribution in [0.2, 0.25) is 0 Å². The minimum Gasteiger partial charge on any atom is -0.466 e. The van der Waals surface area contributed by atoms with E-state index in [4.69, 9.17) is 4.42 Å². The fraction of sp³-hybridized carbons (Fsp3) is 0.267. The van der Waals surface area contributed by atoms with Crippen LogP contribution in [0.3, 0.4) is 0 Å². The zero-order chi connectivity index (χ0) is 12.3. The molecular weight excluding hydrogens is 210 g/mol. The van der Waals surface area contributed by atoms with Gasteiger partial charge in [0, 0.05) is 11.8 Å². The zero-order valence-electron chi connectivity index (χ0n) is 10.5. The second-order valence-electron chi connectivity index (χ2n) is 4.15. The van der Waals surface area contributed by atoms with Crippen molar-refractivity contribution >= 4 is 11.9 Å². The van der Waals surface area contributed by atoms with Gasteiger partial charge in [-0.05, 0) is 44.0 Å². The van der Waals surface area contributed by atoms with Crippen molar-refractivity contribution in [2.75, 3.05) is 0 Å². The largest absolute Gasteiger partial charge is 0.466 e. The topological polar surface area (TPSA) is 25.5 Å². The molecule has 0 spiro atoms. The molecule has 0 bridgehead atoms. The van der Waals surface area contributed by atoms with E-state index in [-0.39, 0.29) is 0 Å². The molecule has 0 N–H and O–H groups in total. The Hall–Kier alpha value is -1.83. The average molecular weight is 227 g/mol. The Bertz CT molecular complexity index is 520. The number of aryl methyl sites for hydroxylation is 3. The highest BCUT2D eigenvalue weighted by Gasteiger charge is 2.00. The normalized spacial score (nSPS) is 11.2. The molecule has 0 aliphatic heterocycles. The number of benzene rings is 1. The Morgan fingerprint density at radius 1 is 1.18 bits per heavy atom. The van der Waals surface area contributed by atoms with Crippen LogP contribution in [0.5, 0.6) is 0 Å². The molecule has 0 aliphatic carbocycles. The molecule has 1 heterocycles. The van der Waals surface area contributed by atoms with E-state index < -0.39 is 0 Å². The van der Waals surface area contributed by atoms with E-state index in [2.05, 4.69) is 24.0 Å². The van der Waals surface area contributed by atoms with Crippen LogP contribution in [0.25, 0.3) is 0 Å². The third-order valence-electron chi connectivity index (χ3n) is 2.78. The van der Waals surface area contributed by atoms with Crippen molar-refractivity contribution in [3.8, 4) is 0 Å². The molecule has 1 aromatic carbocycles. The van der Waals surface area contributed by atoms with E-state index in [9.17, 15) is 0 Å². The van der Waals surface area contributed by atoms with E-state index in [0.717, 1.165) is 29.2 Å². The van der Waals surface area contributed by atoms with Crippen LogP contribution in [0.15, 0.2) is 39.7 Å². The van der Waals surface area contributed by atoms with Crippen LogP contribution in [-0.4, -0.2) is 6.21 Å². The first-order valence-corrected chi connectivity index (χ1v) is 5.89. The number of hydrogen-bond donors (Lipinski definition) is 0. The quantitative estimate of drug-likeness (QED) is 0.721. The molecule has 0 aliphatic rings. The number of rotatable bonds is 3. The second-order valence-corrected chi connectivity index (χ2v) is 4.15.